The number of carbonyl (C=O) groups excluding carboxylic acids is 2. The van der Waals surface area contributed by atoms with E-state index in [0.29, 0.717) is 16.8 Å². The Hall–Kier alpha value is -2.63. The maximum atomic E-state index is 12.2. The molecule has 1 heterocycles. The molecule has 6 nitrogen and oxygen atoms in total. The van der Waals surface area contributed by atoms with Crippen molar-refractivity contribution in [2.24, 2.45) is 0 Å². The Kier molecular flexibility index (Phi) is 4.37. The predicted molar refractivity (Wildman–Crippen MR) is 78.4 cm³/mol. The quantitative estimate of drug-likeness (QED) is 0.875. The van der Waals surface area contributed by atoms with Gasteiger partial charge in [-0.3, -0.25) is 9.48 Å². The highest BCUT2D eigenvalue weighted by Gasteiger charge is 2.12. The highest BCUT2D eigenvalue weighted by atomic mass is 16.5. The number of aromatic nitrogens is 2. The van der Waals surface area contributed by atoms with Crippen molar-refractivity contribution in [2.45, 2.75) is 20.4 Å². The first kappa shape index (κ1) is 14.8. The standard InChI is InChI=1S/C15H17N3O3/c1-4-18-10(2)13(9-16-18)17-14(19)11-5-7-12(8-6-11)15(20)21-3/h5-9H,4H2,1-3H3,(H,17,19). The summed E-state index contributed by atoms with van der Waals surface area (Å²) in [4.78, 5) is 23.5. The molecule has 0 spiro atoms. The van der Waals surface area contributed by atoms with Gasteiger partial charge in [-0.2, -0.15) is 5.10 Å². The maximum Gasteiger partial charge on any atom is 0.337 e. The number of esters is 1. The highest BCUT2D eigenvalue weighted by Crippen LogP contribution is 2.15. The van der Waals surface area contributed by atoms with Crippen LogP contribution in [0.25, 0.3) is 0 Å². The third-order valence-electron chi connectivity index (χ3n) is 3.22. The van der Waals surface area contributed by atoms with Gasteiger partial charge in [-0.15, -0.1) is 0 Å². The molecule has 0 radical (unpaired) electrons. The molecule has 2 aromatic rings. The van der Waals surface area contributed by atoms with Crippen molar-refractivity contribution in [3.8, 4) is 0 Å². The second-order valence-corrected chi connectivity index (χ2v) is 4.48. The molecule has 0 aliphatic carbocycles. The van der Waals surface area contributed by atoms with Crippen LogP contribution in [0, 0.1) is 6.92 Å². The van der Waals surface area contributed by atoms with E-state index in [1.807, 2.05) is 13.8 Å². The second kappa shape index (κ2) is 6.21. The van der Waals surface area contributed by atoms with Crippen molar-refractivity contribution < 1.29 is 14.3 Å². The van der Waals surface area contributed by atoms with Crippen molar-refractivity contribution in [1.82, 2.24) is 9.78 Å². The van der Waals surface area contributed by atoms with Crippen LogP contribution in [0.15, 0.2) is 30.5 Å². The van der Waals surface area contributed by atoms with Crippen LogP contribution in [-0.2, 0) is 11.3 Å². The van der Waals surface area contributed by atoms with Crippen molar-refractivity contribution in [2.75, 3.05) is 12.4 Å². The zero-order chi connectivity index (χ0) is 15.4. The largest absolute Gasteiger partial charge is 0.465 e. The van der Waals surface area contributed by atoms with Gasteiger partial charge in [0.05, 0.1) is 30.3 Å². The van der Waals surface area contributed by atoms with E-state index in [-0.39, 0.29) is 5.91 Å². The third kappa shape index (κ3) is 3.10. The summed E-state index contributed by atoms with van der Waals surface area (Å²) < 4.78 is 6.41. The molecule has 21 heavy (non-hydrogen) atoms. The monoisotopic (exact) mass is 287 g/mol. The maximum absolute atomic E-state index is 12.2. The van der Waals surface area contributed by atoms with Crippen LogP contribution in [-0.4, -0.2) is 28.8 Å². The minimum absolute atomic E-state index is 0.245. The minimum atomic E-state index is -0.429. The van der Waals surface area contributed by atoms with Crippen molar-refractivity contribution in [3.63, 3.8) is 0 Å². The zero-order valence-corrected chi connectivity index (χ0v) is 12.2. The number of nitrogens with zero attached hydrogens (tertiary/aromatic N) is 2. The summed E-state index contributed by atoms with van der Waals surface area (Å²) in [5.41, 5.74) is 2.45. The van der Waals surface area contributed by atoms with E-state index in [0.717, 1.165) is 12.2 Å². The third-order valence-corrected chi connectivity index (χ3v) is 3.22. The number of aryl methyl sites for hydroxylation is 1. The smallest absolute Gasteiger partial charge is 0.337 e. The fourth-order valence-electron chi connectivity index (χ4n) is 1.96. The Balaban J connectivity index is 2.13. The van der Waals surface area contributed by atoms with Crippen LogP contribution in [0.5, 0.6) is 0 Å². The van der Waals surface area contributed by atoms with Gasteiger partial charge >= 0.3 is 5.97 Å². The topological polar surface area (TPSA) is 73.2 Å². The van der Waals surface area contributed by atoms with E-state index >= 15 is 0 Å². The highest BCUT2D eigenvalue weighted by molar-refractivity contribution is 6.05. The van der Waals surface area contributed by atoms with E-state index < -0.39 is 5.97 Å². The fraction of sp³-hybridized carbons (Fsp3) is 0.267. The predicted octanol–water partition coefficient (Wildman–Crippen LogP) is 2.25. The molecule has 0 fully saturated rings. The molecule has 0 unspecified atom stereocenters. The van der Waals surface area contributed by atoms with Gasteiger partial charge in [0.25, 0.3) is 5.91 Å². The van der Waals surface area contributed by atoms with Gasteiger partial charge in [0.2, 0.25) is 0 Å². The van der Waals surface area contributed by atoms with Crippen molar-refractivity contribution in [3.05, 3.63) is 47.3 Å². The lowest BCUT2D eigenvalue weighted by Gasteiger charge is -2.06. The number of rotatable bonds is 4. The SMILES string of the molecule is CCn1ncc(NC(=O)c2ccc(C(=O)OC)cc2)c1C. The lowest BCUT2D eigenvalue weighted by Crippen LogP contribution is -2.13. The molecule has 1 amide bonds. The van der Waals surface area contributed by atoms with Gasteiger partial charge in [-0.1, -0.05) is 0 Å². The van der Waals surface area contributed by atoms with Crippen LogP contribution in [0.4, 0.5) is 5.69 Å². The van der Waals surface area contributed by atoms with E-state index in [1.165, 1.54) is 7.11 Å². The second-order valence-electron chi connectivity index (χ2n) is 4.48. The Bertz CT molecular complexity index is 659. The fourth-order valence-corrected chi connectivity index (χ4v) is 1.96. The number of methoxy groups -OCH3 is 1. The van der Waals surface area contributed by atoms with Crippen LogP contribution in [0.1, 0.15) is 33.3 Å². The van der Waals surface area contributed by atoms with Gasteiger partial charge in [0, 0.05) is 12.1 Å². The normalized spacial score (nSPS) is 10.2. The number of nitrogens with one attached hydrogen (secondary N) is 1. The number of carbonyl (C=O) groups is 2. The molecule has 6 heteroatoms. The van der Waals surface area contributed by atoms with Crippen LogP contribution >= 0.6 is 0 Å². The van der Waals surface area contributed by atoms with Gasteiger partial charge in [-0.25, -0.2) is 4.79 Å². The number of anilines is 1. The molecular formula is C15H17N3O3. The molecule has 1 N–H and O–H groups in total. The summed E-state index contributed by atoms with van der Waals surface area (Å²) in [7, 11) is 1.32. The summed E-state index contributed by atoms with van der Waals surface area (Å²) in [6, 6.07) is 6.29. The summed E-state index contributed by atoms with van der Waals surface area (Å²) in [6.07, 6.45) is 1.62. The molecule has 0 aliphatic heterocycles. The Morgan fingerprint density at radius 1 is 1.24 bits per heavy atom. The molecule has 0 aliphatic rings. The van der Waals surface area contributed by atoms with Crippen LogP contribution < -0.4 is 5.32 Å². The molecule has 110 valence electrons. The van der Waals surface area contributed by atoms with Gasteiger partial charge in [0.15, 0.2) is 0 Å². The molecule has 0 atom stereocenters. The summed E-state index contributed by atoms with van der Waals surface area (Å²) in [6.45, 7) is 4.62. The summed E-state index contributed by atoms with van der Waals surface area (Å²) in [5, 5.41) is 6.98. The van der Waals surface area contributed by atoms with E-state index in [1.54, 1.807) is 35.1 Å². The van der Waals surface area contributed by atoms with Crippen molar-refractivity contribution in [1.29, 1.82) is 0 Å². The molecule has 1 aromatic carbocycles. The first-order valence-corrected chi connectivity index (χ1v) is 6.59. The lowest BCUT2D eigenvalue weighted by atomic mass is 10.1. The summed E-state index contributed by atoms with van der Waals surface area (Å²) in [5.74, 6) is -0.674. The van der Waals surface area contributed by atoms with Crippen molar-refractivity contribution >= 4 is 17.6 Å². The van der Waals surface area contributed by atoms with Crippen LogP contribution in [0.3, 0.4) is 0 Å². The van der Waals surface area contributed by atoms with Gasteiger partial charge < -0.3 is 10.1 Å². The summed E-state index contributed by atoms with van der Waals surface area (Å²) >= 11 is 0. The number of ether oxygens (including phenoxy) is 1. The average molecular weight is 287 g/mol. The number of benzene rings is 1. The molecule has 0 bridgehead atoms. The van der Waals surface area contributed by atoms with Crippen LogP contribution in [0.2, 0.25) is 0 Å². The first-order valence-electron chi connectivity index (χ1n) is 6.59. The first-order chi connectivity index (χ1) is 10.1. The van der Waals surface area contributed by atoms with Gasteiger partial charge in [0.1, 0.15) is 0 Å². The van der Waals surface area contributed by atoms with E-state index in [2.05, 4.69) is 15.2 Å². The lowest BCUT2D eigenvalue weighted by molar-refractivity contribution is 0.0600. The molecule has 0 saturated heterocycles. The number of hydrogen-bond acceptors (Lipinski definition) is 4. The van der Waals surface area contributed by atoms with Gasteiger partial charge in [-0.05, 0) is 38.1 Å². The molecule has 0 saturated carbocycles. The molecular weight excluding hydrogens is 270 g/mol. The number of hydrogen-bond donors (Lipinski definition) is 1. The van der Waals surface area contributed by atoms with E-state index in [9.17, 15) is 9.59 Å². The Morgan fingerprint density at radius 3 is 2.38 bits per heavy atom. The Morgan fingerprint density at radius 2 is 1.86 bits per heavy atom. The van der Waals surface area contributed by atoms with E-state index in [4.69, 9.17) is 0 Å². The number of amides is 1. The minimum Gasteiger partial charge on any atom is -0.465 e. The molecule has 2 rings (SSSR count). The Labute approximate surface area is 122 Å². The molecule has 1 aromatic heterocycles. The average Bonchev–Trinajstić information content (AvgIpc) is 2.87. The zero-order valence-electron chi connectivity index (χ0n) is 12.2.